The molecular weight excluding hydrogens is 292 g/mol. The minimum atomic E-state index is -2.51. The molecule has 0 aliphatic rings. The second-order valence-corrected chi connectivity index (χ2v) is 7.22. The molecule has 1 rings (SSSR count). The summed E-state index contributed by atoms with van der Waals surface area (Å²) in [7, 11) is 5.83. The summed E-state index contributed by atoms with van der Waals surface area (Å²) < 4.78 is 16.1. The van der Waals surface area contributed by atoms with Crippen molar-refractivity contribution in [3.63, 3.8) is 0 Å². The van der Waals surface area contributed by atoms with Gasteiger partial charge >= 0.3 is 8.80 Å². The summed E-state index contributed by atoms with van der Waals surface area (Å²) in [6.07, 6.45) is 0.817. The van der Waals surface area contributed by atoms with E-state index in [0.717, 1.165) is 6.42 Å². The Hall–Kier alpha value is -1.49. The molecule has 9 nitrogen and oxygen atoms in total. The second kappa shape index (κ2) is 8.72. The van der Waals surface area contributed by atoms with Gasteiger partial charge in [-0.05, 0) is 6.42 Å². The molecule has 0 amide bonds. The first-order valence-electron chi connectivity index (χ1n) is 6.64. The summed E-state index contributed by atoms with van der Waals surface area (Å²) in [5.74, 6) is 1.52. The molecule has 1 heterocycles. The standard InChI is InChI=1S/C11H24N6O3Si/c1-12-9-15-10(13-2)17-11(16-9)14-7-6-8-21(18-3,19-4)20-5/h6-8H2,1-5H3,(H3,12,13,14,15,16,17). The van der Waals surface area contributed by atoms with Crippen LogP contribution >= 0.6 is 0 Å². The minimum Gasteiger partial charge on any atom is -0.377 e. The van der Waals surface area contributed by atoms with E-state index in [9.17, 15) is 0 Å². The Balaban J connectivity index is 2.52. The van der Waals surface area contributed by atoms with Gasteiger partial charge in [0.25, 0.3) is 0 Å². The van der Waals surface area contributed by atoms with E-state index in [1.807, 2.05) is 0 Å². The van der Waals surface area contributed by atoms with Gasteiger partial charge in [0.15, 0.2) is 0 Å². The Kier molecular flexibility index (Phi) is 7.29. The highest BCUT2D eigenvalue weighted by Gasteiger charge is 2.36. The van der Waals surface area contributed by atoms with Crippen LogP contribution in [0.15, 0.2) is 0 Å². The van der Waals surface area contributed by atoms with Crippen molar-refractivity contribution in [1.29, 1.82) is 0 Å². The fraction of sp³-hybridized carbons (Fsp3) is 0.727. The molecule has 0 aliphatic carbocycles. The van der Waals surface area contributed by atoms with Crippen LogP contribution in [0.2, 0.25) is 6.04 Å². The first-order valence-corrected chi connectivity index (χ1v) is 8.57. The van der Waals surface area contributed by atoms with E-state index >= 15 is 0 Å². The highest BCUT2D eigenvalue weighted by molar-refractivity contribution is 6.60. The van der Waals surface area contributed by atoms with Gasteiger partial charge in [-0.2, -0.15) is 15.0 Å². The van der Waals surface area contributed by atoms with Crippen LogP contribution < -0.4 is 16.0 Å². The Morgan fingerprint density at radius 1 is 0.857 bits per heavy atom. The lowest BCUT2D eigenvalue weighted by molar-refractivity contribution is 0.123. The fourth-order valence-corrected chi connectivity index (χ4v) is 3.46. The van der Waals surface area contributed by atoms with Gasteiger partial charge in [0.2, 0.25) is 17.8 Å². The highest BCUT2D eigenvalue weighted by Crippen LogP contribution is 2.15. The smallest absolute Gasteiger partial charge is 0.377 e. The van der Waals surface area contributed by atoms with Crippen molar-refractivity contribution in [1.82, 2.24) is 15.0 Å². The van der Waals surface area contributed by atoms with Crippen LogP contribution in [0.3, 0.4) is 0 Å². The lowest BCUT2D eigenvalue weighted by Crippen LogP contribution is -2.42. The number of rotatable bonds is 10. The summed E-state index contributed by atoms with van der Waals surface area (Å²) in [6.45, 7) is 0.682. The van der Waals surface area contributed by atoms with Gasteiger partial charge in [0, 0.05) is 48.0 Å². The Morgan fingerprint density at radius 3 is 1.76 bits per heavy atom. The van der Waals surface area contributed by atoms with Crippen LogP contribution in [0.25, 0.3) is 0 Å². The molecule has 0 spiro atoms. The molecule has 0 unspecified atom stereocenters. The molecule has 120 valence electrons. The summed E-state index contributed by atoms with van der Waals surface area (Å²) in [6, 6.07) is 0.715. The molecule has 0 aliphatic heterocycles. The van der Waals surface area contributed by atoms with Gasteiger partial charge in [-0.15, -0.1) is 0 Å². The zero-order valence-electron chi connectivity index (χ0n) is 13.2. The number of nitrogens with zero attached hydrogens (tertiary/aromatic N) is 3. The van der Waals surface area contributed by atoms with Crippen LogP contribution in [0.1, 0.15) is 6.42 Å². The third-order valence-electron chi connectivity index (χ3n) is 2.96. The number of hydrogen-bond acceptors (Lipinski definition) is 9. The molecule has 10 heteroatoms. The predicted octanol–water partition coefficient (Wildman–Crippen LogP) is 0.635. The van der Waals surface area contributed by atoms with Crippen molar-refractivity contribution in [3.8, 4) is 0 Å². The van der Waals surface area contributed by atoms with Crippen LogP contribution in [-0.2, 0) is 13.3 Å². The molecule has 0 saturated carbocycles. The molecule has 0 fully saturated rings. The molecular formula is C11H24N6O3Si. The zero-order chi connectivity index (χ0) is 15.7. The van der Waals surface area contributed by atoms with Crippen LogP contribution in [0, 0.1) is 0 Å². The maximum atomic E-state index is 5.37. The first kappa shape index (κ1) is 17.6. The van der Waals surface area contributed by atoms with Gasteiger partial charge < -0.3 is 29.2 Å². The molecule has 1 aromatic rings. The number of aromatic nitrogens is 3. The highest BCUT2D eigenvalue weighted by atomic mass is 28.4. The lowest BCUT2D eigenvalue weighted by Gasteiger charge is -2.24. The average Bonchev–Trinajstić information content (AvgIpc) is 2.55. The van der Waals surface area contributed by atoms with Crippen LogP contribution in [-0.4, -0.2) is 65.7 Å². The Labute approximate surface area is 126 Å². The quantitative estimate of drug-likeness (QED) is 0.424. The second-order valence-electron chi connectivity index (χ2n) is 4.13. The summed E-state index contributed by atoms with van der Waals surface area (Å²) >= 11 is 0. The third-order valence-corrected chi connectivity index (χ3v) is 5.79. The van der Waals surface area contributed by atoms with Gasteiger partial charge in [0.05, 0.1) is 0 Å². The lowest BCUT2D eigenvalue weighted by atomic mass is 10.5. The molecule has 0 atom stereocenters. The number of nitrogens with one attached hydrogen (secondary N) is 3. The molecule has 3 N–H and O–H groups in total. The van der Waals surface area contributed by atoms with Crippen molar-refractivity contribution >= 4 is 26.6 Å². The van der Waals surface area contributed by atoms with E-state index in [1.54, 1.807) is 35.4 Å². The predicted molar refractivity (Wildman–Crippen MR) is 83.6 cm³/mol. The largest absolute Gasteiger partial charge is 0.500 e. The number of anilines is 3. The van der Waals surface area contributed by atoms with E-state index in [0.29, 0.717) is 30.4 Å². The monoisotopic (exact) mass is 316 g/mol. The SMILES string of the molecule is CNc1nc(NC)nc(NCCC[Si](OC)(OC)OC)n1. The van der Waals surface area contributed by atoms with Gasteiger partial charge in [-0.3, -0.25) is 0 Å². The van der Waals surface area contributed by atoms with E-state index in [1.165, 1.54) is 0 Å². The topological polar surface area (TPSA) is 102 Å². The van der Waals surface area contributed by atoms with Crippen LogP contribution in [0.4, 0.5) is 17.8 Å². The fourth-order valence-electron chi connectivity index (χ4n) is 1.74. The van der Waals surface area contributed by atoms with Crippen LogP contribution in [0.5, 0.6) is 0 Å². The van der Waals surface area contributed by atoms with Gasteiger partial charge in [0.1, 0.15) is 0 Å². The first-order chi connectivity index (χ1) is 10.1. The van der Waals surface area contributed by atoms with Crippen molar-refractivity contribution in [3.05, 3.63) is 0 Å². The number of hydrogen-bond donors (Lipinski definition) is 3. The molecule has 21 heavy (non-hydrogen) atoms. The zero-order valence-corrected chi connectivity index (χ0v) is 14.2. The molecule has 0 aromatic carbocycles. The molecule has 1 aromatic heterocycles. The summed E-state index contributed by atoms with van der Waals surface area (Å²) in [4.78, 5) is 12.6. The maximum Gasteiger partial charge on any atom is 0.500 e. The molecule has 0 bridgehead atoms. The maximum absolute atomic E-state index is 5.37. The third kappa shape index (κ3) is 5.08. The van der Waals surface area contributed by atoms with Crippen molar-refractivity contribution in [2.24, 2.45) is 0 Å². The van der Waals surface area contributed by atoms with Crippen molar-refractivity contribution in [2.75, 3.05) is 57.9 Å². The van der Waals surface area contributed by atoms with E-state index in [4.69, 9.17) is 13.3 Å². The van der Waals surface area contributed by atoms with E-state index in [2.05, 4.69) is 30.9 Å². The average molecular weight is 316 g/mol. The van der Waals surface area contributed by atoms with E-state index in [-0.39, 0.29) is 0 Å². The molecule has 0 saturated heterocycles. The van der Waals surface area contributed by atoms with Crippen molar-refractivity contribution < 1.29 is 13.3 Å². The van der Waals surface area contributed by atoms with E-state index < -0.39 is 8.80 Å². The normalized spacial score (nSPS) is 11.3. The van der Waals surface area contributed by atoms with Gasteiger partial charge in [-0.1, -0.05) is 0 Å². The Morgan fingerprint density at radius 2 is 1.33 bits per heavy atom. The van der Waals surface area contributed by atoms with Crippen molar-refractivity contribution in [2.45, 2.75) is 12.5 Å². The Bertz CT molecular complexity index is 402. The summed E-state index contributed by atoms with van der Waals surface area (Å²) in [5, 5.41) is 8.93. The van der Waals surface area contributed by atoms with Gasteiger partial charge in [-0.25, -0.2) is 0 Å². The molecule has 0 radical (unpaired) electrons. The summed E-state index contributed by atoms with van der Waals surface area (Å²) in [5.41, 5.74) is 0. The minimum absolute atomic E-state index is 0.506.